The molecule has 2 aromatic carbocycles. The molecule has 0 spiro atoms. The first-order valence-electron chi connectivity index (χ1n) is 7.91. The van der Waals surface area contributed by atoms with Crippen LogP contribution in [0.1, 0.15) is 36.8 Å². The van der Waals surface area contributed by atoms with Crippen molar-refractivity contribution < 1.29 is 0 Å². The van der Waals surface area contributed by atoms with E-state index in [0.717, 1.165) is 6.42 Å². The second-order valence-corrected chi connectivity index (χ2v) is 5.59. The Hall–Kier alpha value is -2.08. The van der Waals surface area contributed by atoms with E-state index in [1.807, 2.05) is 0 Å². The molecule has 2 aromatic rings. The number of rotatable bonds is 0. The molecule has 0 saturated carbocycles. The van der Waals surface area contributed by atoms with Crippen molar-refractivity contribution in [2.45, 2.75) is 32.1 Å². The third-order valence-corrected chi connectivity index (χ3v) is 4.04. The number of allylic oxidation sites excluding steroid dienone is 4. The first-order valence-corrected chi connectivity index (χ1v) is 7.91. The number of fused-ring (bicyclic) bond motifs is 3. The van der Waals surface area contributed by atoms with Crippen molar-refractivity contribution in [3.63, 3.8) is 0 Å². The highest BCUT2D eigenvalue weighted by Gasteiger charge is 2.15. The Morgan fingerprint density at radius 3 is 1.29 bits per heavy atom. The van der Waals surface area contributed by atoms with Crippen LogP contribution in [-0.4, -0.2) is 0 Å². The van der Waals surface area contributed by atoms with Crippen molar-refractivity contribution >= 4 is 0 Å². The maximum absolute atomic E-state index is 2.27. The van der Waals surface area contributed by atoms with Crippen LogP contribution in [0.2, 0.25) is 0 Å². The quantitative estimate of drug-likeness (QED) is 0.446. The summed E-state index contributed by atoms with van der Waals surface area (Å²) in [6.07, 6.45) is 15.1. The molecule has 0 saturated heterocycles. The van der Waals surface area contributed by atoms with E-state index >= 15 is 0 Å². The Labute approximate surface area is 127 Å². The lowest BCUT2D eigenvalue weighted by Gasteiger charge is -1.98. The summed E-state index contributed by atoms with van der Waals surface area (Å²) < 4.78 is 0. The fourth-order valence-corrected chi connectivity index (χ4v) is 2.94. The summed E-state index contributed by atoms with van der Waals surface area (Å²) in [5.74, 6) is 0. The second kappa shape index (κ2) is 7.08. The van der Waals surface area contributed by atoms with Gasteiger partial charge in [0.1, 0.15) is 0 Å². The van der Waals surface area contributed by atoms with E-state index in [2.05, 4.69) is 72.8 Å². The van der Waals surface area contributed by atoms with Crippen molar-refractivity contribution in [2.75, 3.05) is 0 Å². The van der Waals surface area contributed by atoms with Gasteiger partial charge in [-0.1, -0.05) is 72.8 Å². The van der Waals surface area contributed by atoms with E-state index in [0.29, 0.717) is 0 Å². The fourth-order valence-electron chi connectivity index (χ4n) is 2.94. The summed E-state index contributed by atoms with van der Waals surface area (Å²) in [6.45, 7) is 0. The largest absolute Gasteiger partial charge is 0.0882 e. The van der Waals surface area contributed by atoms with Gasteiger partial charge < -0.3 is 0 Å². The van der Waals surface area contributed by atoms with Crippen LogP contribution >= 0.6 is 0 Å². The molecule has 0 radical (unpaired) electrons. The molecule has 0 N–H and O–H groups in total. The van der Waals surface area contributed by atoms with E-state index in [1.165, 1.54) is 47.9 Å². The van der Waals surface area contributed by atoms with Crippen molar-refractivity contribution in [1.29, 1.82) is 0 Å². The molecule has 0 unspecified atom stereocenters. The summed E-state index contributed by atoms with van der Waals surface area (Å²) in [5, 5.41) is 0. The Balaban J connectivity index is 0.000000143. The molecular weight excluding hydrogens is 252 g/mol. The summed E-state index contributed by atoms with van der Waals surface area (Å²) in [5.41, 5.74) is 5.75. The first kappa shape index (κ1) is 13.9. The van der Waals surface area contributed by atoms with Gasteiger partial charge in [0.2, 0.25) is 0 Å². The average molecular weight is 274 g/mol. The Kier molecular flexibility index (Phi) is 4.68. The Morgan fingerprint density at radius 1 is 0.476 bits per heavy atom. The van der Waals surface area contributed by atoms with Gasteiger partial charge in [-0.15, -0.1) is 0 Å². The van der Waals surface area contributed by atoms with Crippen molar-refractivity contribution in [1.82, 2.24) is 0 Å². The zero-order valence-corrected chi connectivity index (χ0v) is 12.5. The Morgan fingerprint density at radius 2 is 0.857 bits per heavy atom. The predicted octanol–water partition coefficient (Wildman–Crippen LogP) is 5.93. The molecule has 0 aliphatic heterocycles. The molecule has 0 heteroatoms. The SMILES string of the molecule is C1=CCCC=CCC1.c1ccc2c(c1)Cc1ccccc1-2. The highest BCUT2D eigenvalue weighted by Crippen LogP contribution is 2.35. The molecule has 0 atom stereocenters. The van der Waals surface area contributed by atoms with Gasteiger partial charge in [-0.2, -0.15) is 0 Å². The summed E-state index contributed by atoms with van der Waals surface area (Å²) in [7, 11) is 0. The number of benzene rings is 2. The minimum absolute atomic E-state index is 1.10. The smallest absolute Gasteiger partial charge is 0.00135 e. The molecule has 0 fully saturated rings. The van der Waals surface area contributed by atoms with Crippen molar-refractivity contribution in [3.8, 4) is 11.1 Å². The van der Waals surface area contributed by atoms with E-state index < -0.39 is 0 Å². The molecule has 4 rings (SSSR count). The second-order valence-electron chi connectivity index (χ2n) is 5.59. The molecule has 2 aliphatic carbocycles. The van der Waals surface area contributed by atoms with Gasteiger partial charge in [0.15, 0.2) is 0 Å². The van der Waals surface area contributed by atoms with Crippen molar-refractivity contribution in [3.05, 3.63) is 84.0 Å². The normalized spacial score (nSPS) is 15.2. The van der Waals surface area contributed by atoms with Gasteiger partial charge in [0.05, 0.1) is 0 Å². The van der Waals surface area contributed by atoms with E-state index in [-0.39, 0.29) is 0 Å². The van der Waals surface area contributed by atoms with E-state index in [4.69, 9.17) is 0 Å². The maximum Gasteiger partial charge on any atom is -0.00135 e. The van der Waals surface area contributed by atoms with Crippen LogP contribution in [0.4, 0.5) is 0 Å². The van der Waals surface area contributed by atoms with E-state index in [1.54, 1.807) is 0 Å². The van der Waals surface area contributed by atoms with Gasteiger partial charge in [-0.3, -0.25) is 0 Å². The maximum atomic E-state index is 2.27. The van der Waals surface area contributed by atoms with E-state index in [9.17, 15) is 0 Å². The molecule has 21 heavy (non-hydrogen) atoms. The van der Waals surface area contributed by atoms with Crippen LogP contribution in [-0.2, 0) is 6.42 Å². The van der Waals surface area contributed by atoms with Crippen molar-refractivity contribution in [2.24, 2.45) is 0 Å². The molecule has 0 aromatic heterocycles. The summed E-state index contributed by atoms with van der Waals surface area (Å²) in [4.78, 5) is 0. The molecule has 106 valence electrons. The minimum Gasteiger partial charge on any atom is -0.0882 e. The topological polar surface area (TPSA) is 0 Å². The first-order chi connectivity index (χ1) is 10.4. The third-order valence-electron chi connectivity index (χ3n) is 4.04. The fraction of sp³-hybridized carbons (Fsp3) is 0.238. The lowest BCUT2D eigenvalue weighted by molar-refractivity contribution is 0.962. The van der Waals surface area contributed by atoms with Crippen LogP contribution in [0.25, 0.3) is 11.1 Å². The molecule has 0 heterocycles. The molecule has 0 amide bonds. The zero-order valence-electron chi connectivity index (χ0n) is 12.5. The van der Waals surface area contributed by atoms with Crippen LogP contribution in [0.15, 0.2) is 72.8 Å². The lowest BCUT2D eigenvalue weighted by Crippen LogP contribution is -1.77. The van der Waals surface area contributed by atoms with Crippen LogP contribution in [0.5, 0.6) is 0 Å². The highest BCUT2D eigenvalue weighted by molar-refractivity contribution is 5.76. The highest BCUT2D eigenvalue weighted by atomic mass is 14.2. The Bertz CT molecular complexity index is 577. The van der Waals surface area contributed by atoms with Crippen LogP contribution < -0.4 is 0 Å². The zero-order chi connectivity index (χ0) is 14.3. The third kappa shape index (κ3) is 3.52. The summed E-state index contributed by atoms with van der Waals surface area (Å²) >= 11 is 0. The summed E-state index contributed by atoms with van der Waals surface area (Å²) in [6, 6.07) is 17.3. The predicted molar refractivity (Wildman–Crippen MR) is 91.4 cm³/mol. The number of hydrogen-bond acceptors (Lipinski definition) is 0. The van der Waals surface area contributed by atoms with Gasteiger partial charge in [-0.25, -0.2) is 0 Å². The number of hydrogen-bond donors (Lipinski definition) is 0. The minimum atomic E-state index is 1.10. The van der Waals surface area contributed by atoms with Gasteiger partial charge in [-0.05, 0) is 54.4 Å². The average Bonchev–Trinajstić information content (AvgIpc) is 2.86. The molecular formula is C21H22. The van der Waals surface area contributed by atoms with Gasteiger partial charge in [0, 0.05) is 0 Å². The van der Waals surface area contributed by atoms with Crippen LogP contribution in [0, 0.1) is 0 Å². The van der Waals surface area contributed by atoms with Gasteiger partial charge >= 0.3 is 0 Å². The monoisotopic (exact) mass is 274 g/mol. The molecule has 0 nitrogen and oxygen atoms in total. The lowest BCUT2D eigenvalue weighted by atomic mass is 10.1. The van der Waals surface area contributed by atoms with Crippen LogP contribution in [0.3, 0.4) is 0 Å². The molecule has 0 bridgehead atoms. The van der Waals surface area contributed by atoms with Gasteiger partial charge in [0.25, 0.3) is 0 Å². The standard InChI is InChI=1S/C13H10.C8H12/c1-3-7-12-10(5-1)9-11-6-2-4-8-13(11)12;1-2-4-6-8-7-5-3-1/h1-8H,9H2;1-2,7-8H,3-6H2. The molecule has 2 aliphatic rings.